The number of nitrogens with one attached hydrogen (secondary N) is 1. The molecular weight excluding hydrogens is 140 g/mol. The summed E-state index contributed by atoms with van der Waals surface area (Å²) in [6.07, 6.45) is 0. The second-order valence-corrected chi connectivity index (χ2v) is 3.08. The van der Waals surface area contributed by atoms with Crippen molar-refractivity contribution in [3.8, 4) is 6.07 Å². The predicted molar refractivity (Wildman–Crippen MR) is 43.6 cm³/mol. The molecule has 64 valence electrons. The standard InChI is InChI=1S/C8H16N2O/c1-7(2)6-11-10-5-8(3)4-9/h7-8,10H,5-6H2,1-3H3. The maximum absolute atomic E-state index is 8.40. The number of nitrogens with zero attached hydrogens (tertiary/aromatic N) is 1. The minimum atomic E-state index is 0.0159. The normalized spacial score (nSPS) is 13.0. The van der Waals surface area contributed by atoms with Gasteiger partial charge in [-0.2, -0.15) is 5.26 Å². The van der Waals surface area contributed by atoms with Crippen LogP contribution in [0, 0.1) is 23.2 Å². The van der Waals surface area contributed by atoms with E-state index in [1.54, 1.807) is 0 Å². The predicted octanol–water partition coefficient (Wildman–Crippen LogP) is 1.32. The topological polar surface area (TPSA) is 45.0 Å². The molecule has 0 spiro atoms. The van der Waals surface area contributed by atoms with Crippen molar-refractivity contribution >= 4 is 0 Å². The van der Waals surface area contributed by atoms with Crippen LogP contribution in [0.2, 0.25) is 0 Å². The highest BCUT2D eigenvalue weighted by molar-refractivity contribution is 4.78. The van der Waals surface area contributed by atoms with Crippen molar-refractivity contribution in [2.24, 2.45) is 11.8 Å². The Hall–Kier alpha value is -0.590. The fourth-order valence-corrected chi connectivity index (χ4v) is 0.455. The molecule has 3 heteroatoms. The van der Waals surface area contributed by atoms with Crippen LogP contribution >= 0.6 is 0 Å². The molecule has 0 fully saturated rings. The van der Waals surface area contributed by atoms with Crippen LogP contribution in [-0.2, 0) is 4.84 Å². The molecule has 0 aromatic carbocycles. The molecule has 11 heavy (non-hydrogen) atoms. The van der Waals surface area contributed by atoms with Crippen molar-refractivity contribution in [2.45, 2.75) is 20.8 Å². The van der Waals surface area contributed by atoms with E-state index in [1.165, 1.54) is 0 Å². The highest BCUT2D eigenvalue weighted by Gasteiger charge is 1.98. The zero-order valence-corrected chi connectivity index (χ0v) is 7.42. The third-order valence-corrected chi connectivity index (χ3v) is 1.13. The molecule has 0 amide bonds. The van der Waals surface area contributed by atoms with Crippen molar-refractivity contribution < 1.29 is 4.84 Å². The zero-order valence-electron chi connectivity index (χ0n) is 7.42. The molecule has 1 unspecified atom stereocenters. The second kappa shape index (κ2) is 6.14. The lowest BCUT2D eigenvalue weighted by atomic mass is 10.2. The molecule has 0 aliphatic carbocycles. The van der Waals surface area contributed by atoms with E-state index >= 15 is 0 Å². The first-order valence-electron chi connectivity index (χ1n) is 3.91. The number of hydrogen-bond acceptors (Lipinski definition) is 3. The first-order chi connectivity index (χ1) is 5.16. The van der Waals surface area contributed by atoms with E-state index in [4.69, 9.17) is 10.1 Å². The van der Waals surface area contributed by atoms with Gasteiger partial charge in [0.15, 0.2) is 0 Å². The van der Waals surface area contributed by atoms with Crippen LogP contribution in [0.5, 0.6) is 0 Å². The largest absolute Gasteiger partial charge is 0.301 e. The Morgan fingerprint density at radius 3 is 2.55 bits per heavy atom. The summed E-state index contributed by atoms with van der Waals surface area (Å²) < 4.78 is 0. The molecule has 0 saturated carbocycles. The van der Waals surface area contributed by atoms with Crippen LogP contribution in [0.25, 0.3) is 0 Å². The summed E-state index contributed by atoms with van der Waals surface area (Å²) in [5.74, 6) is 0.544. The van der Waals surface area contributed by atoms with Gasteiger partial charge in [0.25, 0.3) is 0 Å². The van der Waals surface area contributed by atoms with Gasteiger partial charge in [-0.15, -0.1) is 0 Å². The number of hydroxylamine groups is 1. The van der Waals surface area contributed by atoms with Crippen LogP contribution in [0.3, 0.4) is 0 Å². The average molecular weight is 156 g/mol. The number of nitriles is 1. The molecule has 0 aromatic rings. The van der Waals surface area contributed by atoms with Crippen molar-refractivity contribution in [3.63, 3.8) is 0 Å². The maximum atomic E-state index is 8.40. The third kappa shape index (κ3) is 7.31. The molecule has 3 nitrogen and oxygen atoms in total. The van der Waals surface area contributed by atoms with E-state index in [-0.39, 0.29) is 5.92 Å². The van der Waals surface area contributed by atoms with Gasteiger partial charge in [-0.05, 0) is 12.8 Å². The lowest BCUT2D eigenvalue weighted by molar-refractivity contribution is 0.0204. The van der Waals surface area contributed by atoms with E-state index in [1.807, 2.05) is 6.92 Å². The average Bonchev–Trinajstić information content (AvgIpc) is 1.97. The van der Waals surface area contributed by atoms with Crippen LogP contribution in [0.4, 0.5) is 0 Å². The van der Waals surface area contributed by atoms with Crippen LogP contribution in [0.1, 0.15) is 20.8 Å². The van der Waals surface area contributed by atoms with E-state index < -0.39 is 0 Å². The lowest BCUT2D eigenvalue weighted by Gasteiger charge is -2.07. The maximum Gasteiger partial charge on any atom is 0.0705 e. The minimum absolute atomic E-state index is 0.0159. The third-order valence-electron chi connectivity index (χ3n) is 1.13. The molecule has 0 aliphatic heterocycles. The Kier molecular flexibility index (Phi) is 5.81. The van der Waals surface area contributed by atoms with Crippen LogP contribution in [-0.4, -0.2) is 13.2 Å². The Morgan fingerprint density at radius 2 is 2.09 bits per heavy atom. The lowest BCUT2D eigenvalue weighted by Crippen LogP contribution is -2.22. The summed E-state index contributed by atoms with van der Waals surface area (Å²) in [6.45, 7) is 7.30. The van der Waals surface area contributed by atoms with Gasteiger partial charge in [0.2, 0.25) is 0 Å². The highest BCUT2D eigenvalue weighted by Crippen LogP contribution is 1.91. The summed E-state index contributed by atoms with van der Waals surface area (Å²) in [6, 6.07) is 2.11. The summed E-state index contributed by atoms with van der Waals surface area (Å²) in [7, 11) is 0. The monoisotopic (exact) mass is 156 g/mol. The van der Waals surface area contributed by atoms with Crippen LogP contribution in [0.15, 0.2) is 0 Å². The molecule has 1 atom stereocenters. The number of hydrogen-bond donors (Lipinski definition) is 1. The van der Waals surface area contributed by atoms with Gasteiger partial charge in [-0.25, -0.2) is 5.48 Å². The van der Waals surface area contributed by atoms with Gasteiger partial charge in [-0.3, -0.25) is 0 Å². The summed E-state index contributed by atoms with van der Waals surface area (Å²) in [4.78, 5) is 5.07. The van der Waals surface area contributed by atoms with Gasteiger partial charge in [-0.1, -0.05) is 13.8 Å². The van der Waals surface area contributed by atoms with Crippen molar-refractivity contribution in [3.05, 3.63) is 0 Å². The first kappa shape index (κ1) is 10.4. The molecule has 1 N–H and O–H groups in total. The van der Waals surface area contributed by atoms with Crippen molar-refractivity contribution in [1.82, 2.24) is 5.48 Å². The first-order valence-corrected chi connectivity index (χ1v) is 3.91. The molecule has 0 heterocycles. The fraction of sp³-hybridized carbons (Fsp3) is 0.875. The van der Waals surface area contributed by atoms with Crippen LogP contribution < -0.4 is 5.48 Å². The quantitative estimate of drug-likeness (QED) is 0.482. The Morgan fingerprint density at radius 1 is 1.45 bits per heavy atom. The van der Waals surface area contributed by atoms with Crippen molar-refractivity contribution in [1.29, 1.82) is 5.26 Å². The molecule has 0 radical (unpaired) electrons. The van der Waals surface area contributed by atoms with Gasteiger partial charge in [0, 0.05) is 6.54 Å². The molecule has 0 rings (SSSR count). The van der Waals surface area contributed by atoms with Crippen molar-refractivity contribution in [2.75, 3.05) is 13.2 Å². The minimum Gasteiger partial charge on any atom is -0.301 e. The molecule has 0 aliphatic rings. The fourth-order valence-electron chi connectivity index (χ4n) is 0.455. The Balaban J connectivity index is 3.10. The molecule has 0 aromatic heterocycles. The van der Waals surface area contributed by atoms with E-state index in [2.05, 4.69) is 25.4 Å². The van der Waals surface area contributed by atoms with Gasteiger partial charge >= 0.3 is 0 Å². The van der Waals surface area contributed by atoms with E-state index in [0.29, 0.717) is 19.1 Å². The van der Waals surface area contributed by atoms with E-state index in [9.17, 15) is 0 Å². The summed E-state index contributed by atoms with van der Waals surface area (Å²) in [5.41, 5.74) is 2.74. The molecule has 0 saturated heterocycles. The Bertz CT molecular complexity index is 129. The SMILES string of the molecule is CC(C)CONCC(C)C#N. The zero-order chi connectivity index (χ0) is 8.69. The Labute approximate surface area is 68.3 Å². The van der Waals surface area contributed by atoms with Gasteiger partial charge in [0.1, 0.15) is 0 Å². The van der Waals surface area contributed by atoms with E-state index in [0.717, 1.165) is 0 Å². The van der Waals surface area contributed by atoms with Gasteiger partial charge in [0.05, 0.1) is 18.6 Å². The molecule has 0 bridgehead atoms. The second-order valence-electron chi connectivity index (χ2n) is 3.08. The molecular formula is C8H16N2O. The summed E-state index contributed by atoms with van der Waals surface area (Å²) in [5, 5.41) is 8.40. The summed E-state index contributed by atoms with van der Waals surface area (Å²) >= 11 is 0. The number of rotatable bonds is 5. The van der Waals surface area contributed by atoms with Gasteiger partial charge < -0.3 is 4.84 Å². The highest BCUT2D eigenvalue weighted by atomic mass is 16.6. The smallest absolute Gasteiger partial charge is 0.0705 e.